The zero-order chi connectivity index (χ0) is 13.7. The molecule has 6 N–H and O–H groups in total. The van der Waals surface area contributed by atoms with Gasteiger partial charge in [-0.05, 0) is 31.4 Å². The monoisotopic (exact) mass is 269 g/mol. The van der Waals surface area contributed by atoms with Crippen LogP contribution in [-0.2, 0) is 0 Å². The van der Waals surface area contributed by atoms with E-state index in [1.54, 1.807) is 30.0 Å². The van der Waals surface area contributed by atoms with Crippen molar-refractivity contribution in [3.63, 3.8) is 0 Å². The molecule has 2 atom stereocenters. The van der Waals surface area contributed by atoms with Crippen LogP contribution in [0.3, 0.4) is 0 Å². The predicted octanol–water partition coefficient (Wildman–Crippen LogP) is 0.892. The SMILES string of the molecule is CSC(CO)C(C)Nc1cc(C(N)=O)ccc1N. The summed E-state index contributed by atoms with van der Waals surface area (Å²) in [6.07, 6.45) is 1.93. The minimum atomic E-state index is -0.491. The fourth-order valence-electron chi connectivity index (χ4n) is 1.61. The van der Waals surface area contributed by atoms with Crippen LogP contribution in [0.1, 0.15) is 17.3 Å². The molecule has 0 aliphatic heterocycles. The molecule has 0 heterocycles. The van der Waals surface area contributed by atoms with Gasteiger partial charge in [-0.25, -0.2) is 0 Å². The lowest BCUT2D eigenvalue weighted by atomic mass is 10.1. The number of carbonyl (C=O) groups is 1. The highest BCUT2D eigenvalue weighted by molar-refractivity contribution is 7.99. The lowest BCUT2D eigenvalue weighted by Crippen LogP contribution is -2.31. The lowest BCUT2D eigenvalue weighted by Gasteiger charge is -2.23. The second-order valence-corrected chi connectivity index (χ2v) is 5.13. The number of hydrogen-bond acceptors (Lipinski definition) is 5. The molecule has 18 heavy (non-hydrogen) atoms. The number of nitrogen functional groups attached to an aromatic ring is 1. The fourth-order valence-corrected chi connectivity index (χ4v) is 2.23. The van der Waals surface area contributed by atoms with Crippen molar-refractivity contribution in [1.82, 2.24) is 0 Å². The van der Waals surface area contributed by atoms with Gasteiger partial charge in [0, 0.05) is 16.9 Å². The van der Waals surface area contributed by atoms with E-state index in [0.717, 1.165) is 0 Å². The number of carbonyl (C=O) groups excluding carboxylic acids is 1. The number of aliphatic hydroxyl groups is 1. The average molecular weight is 269 g/mol. The third kappa shape index (κ3) is 3.54. The number of amides is 1. The van der Waals surface area contributed by atoms with Gasteiger partial charge < -0.3 is 21.9 Å². The summed E-state index contributed by atoms with van der Waals surface area (Å²) in [4.78, 5) is 11.1. The first-order chi connectivity index (χ1) is 8.49. The highest BCUT2D eigenvalue weighted by Gasteiger charge is 2.16. The number of nitrogens with one attached hydrogen (secondary N) is 1. The number of anilines is 2. The van der Waals surface area contributed by atoms with Crippen molar-refractivity contribution in [3.8, 4) is 0 Å². The quantitative estimate of drug-likeness (QED) is 0.575. The Morgan fingerprint density at radius 3 is 2.72 bits per heavy atom. The summed E-state index contributed by atoms with van der Waals surface area (Å²) in [6, 6.07) is 4.88. The van der Waals surface area contributed by atoms with E-state index in [0.29, 0.717) is 16.9 Å². The first-order valence-electron chi connectivity index (χ1n) is 5.59. The summed E-state index contributed by atoms with van der Waals surface area (Å²) in [5.41, 5.74) is 12.7. The van der Waals surface area contributed by atoms with Crippen molar-refractivity contribution in [2.24, 2.45) is 5.73 Å². The molecule has 0 saturated carbocycles. The van der Waals surface area contributed by atoms with Gasteiger partial charge in [-0.15, -0.1) is 0 Å². The van der Waals surface area contributed by atoms with Crippen LogP contribution in [0, 0.1) is 0 Å². The average Bonchev–Trinajstić information content (AvgIpc) is 2.33. The highest BCUT2D eigenvalue weighted by atomic mass is 32.2. The Balaban J connectivity index is 2.89. The van der Waals surface area contributed by atoms with Crippen molar-refractivity contribution in [2.75, 3.05) is 23.9 Å². The third-order valence-corrected chi connectivity index (χ3v) is 3.92. The summed E-state index contributed by atoms with van der Waals surface area (Å²) >= 11 is 1.57. The first-order valence-corrected chi connectivity index (χ1v) is 6.88. The first kappa shape index (κ1) is 14.7. The number of nitrogens with two attached hydrogens (primary N) is 2. The molecule has 0 bridgehead atoms. The van der Waals surface area contributed by atoms with Crippen LogP contribution >= 0.6 is 11.8 Å². The van der Waals surface area contributed by atoms with E-state index >= 15 is 0 Å². The summed E-state index contributed by atoms with van der Waals surface area (Å²) in [5.74, 6) is -0.491. The number of aliphatic hydroxyl groups excluding tert-OH is 1. The molecule has 0 aromatic heterocycles. The van der Waals surface area contributed by atoms with Crippen molar-refractivity contribution >= 4 is 29.0 Å². The second kappa shape index (κ2) is 6.51. The zero-order valence-corrected chi connectivity index (χ0v) is 11.3. The van der Waals surface area contributed by atoms with Crippen LogP contribution < -0.4 is 16.8 Å². The van der Waals surface area contributed by atoms with Crippen LogP contribution in [0.2, 0.25) is 0 Å². The Morgan fingerprint density at radius 1 is 1.56 bits per heavy atom. The number of primary amides is 1. The van der Waals surface area contributed by atoms with E-state index in [4.69, 9.17) is 11.5 Å². The minimum Gasteiger partial charge on any atom is -0.397 e. The predicted molar refractivity (Wildman–Crippen MR) is 76.8 cm³/mol. The molecule has 0 aliphatic rings. The van der Waals surface area contributed by atoms with Crippen molar-refractivity contribution < 1.29 is 9.90 Å². The Bertz CT molecular complexity index is 422. The molecule has 1 aromatic rings. The molecule has 100 valence electrons. The summed E-state index contributed by atoms with van der Waals surface area (Å²) in [5, 5.41) is 12.5. The largest absolute Gasteiger partial charge is 0.397 e. The van der Waals surface area contributed by atoms with Crippen molar-refractivity contribution in [3.05, 3.63) is 23.8 Å². The fraction of sp³-hybridized carbons (Fsp3) is 0.417. The van der Waals surface area contributed by atoms with Gasteiger partial charge in [0.1, 0.15) is 0 Å². The Morgan fingerprint density at radius 2 is 2.22 bits per heavy atom. The zero-order valence-electron chi connectivity index (χ0n) is 10.5. The molecular formula is C12H19N3O2S. The number of thioether (sulfide) groups is 1. The van der Waals surface area contributed by atoms with Gasteiger partial charge in [0.05, 0.1) is 18.0 Å². The van der Waals surface area contributed by atoms with Crippen molar-refractivity contribution in [1.29, 1.82) is 0 Å². The van der Waals surface area contributed by atoms with Crippen LogP contribution in [0.5, 0.6) is 0 Å². The second-order valence-electron chi connectivity index (χ2n) is 4.06. The minimum absolute atomic E-state index is 0.0235. The molecule has 0 fully saturated rings. The van der Waals surface area contributed by atoms with Gasteiger partial charge >= 0.3 is 0 Å². The topological polar surface area (TPSA) is 101 Å². The smallest absolute Gasteiger partial charge is 0.248 e. The molecule has 0 aliphatic carbocycles. The van der Waals surface area contributed by atoms with E-state index < -0.39 is 5.91 Å². The van der Waals surface area contributed by atoms with Crippen molar-refractivity contribution in [2.45, 2.75) is 18.2 Å². The number of rotatable bonds is 6. The molecular weight excluding hydrogens is 250 g/mol. The molecule has 0 spiro atoms. The molecule has 1 amide bonds. The third-order valence-electron chi connectivity index (χ3n) is 2.76. The molecule has 1 aromatic carbocycles. The molecule has 1 rings (SSSR count). The molecule has 5 nitrogen and oxygen atoms in total. The van der Waals surface area contributed by atoms with E-state index in [1.807, 2.05) is 13.2 Å². The van der Waals surface area contributed by atoms with E-state index in [1.165, 1.54) is 0 Å². The number of benzene rings is 1. The maximum atomic E-state index is 11.1. The summed E-state index contributed by atoms with van der Waals surface area (Å²) in [7, 11) is 0. The molecule has 6 heteroatoms. The van der Waals surface area contributed by atoms with E-state index in [9.17, 15) is 9.90 Å². The standard InChI is InChI=1S/C12H19N3O2S/c1-7(11(6-16)18-2)15-10-5-8(12(14)17)3-4-9(10)13/h3-5,7,11,15-16H,6,13H2,1-2H3,(H2,14,17). The van der Waals surface area contributed by atoms with Gasteiger partial charge in [0.25, 0.3) is 0 Å². The Labute approximate surface area is 111 Å². The highest BCUT2D eigenvalue weighted by Crippen LogP contribution is 2.23. The summed E-state index contributed by atoms with van der Waals surface area (Å²) < 4.78 is 0. The van der Waals surface area contributed by atoms with Crippen LogP contribution in [-0.4, -0.2) is 35.2 Å². The molecule has 0 saturated heterocycles. The normalized spacial score (nSPS) is 13.9. The van der Waals surface area contributed by atoms with Gasteiger partial charge in [-0.3, -0.25) is 4.79 Å². The number of hydrogen-bond donors (Lipinski definition) is 4. The van der Waals surface area contributed by atoms with Gasteiger partial charge in [-0.1, -0.05) is 0 Å². The summed E-state index contributed by atoms with van der Waals surface area (Å²) in [6.45, 7) is 2.03. The van der Waals surface area contributed by atoms with Gasteiger partial charge in [-0.2, -0.15) is 11.8 Å². The molecule has 2 unspecified atom stereocenters. The Kier molecular flexibility index (Phi) is 5.30. The Hall–Kier alpha value is -1.40. The van der Waals surface area contributed by atoms with Crippen LogP contribution in [0.15, 0.2) is 18.2 Å². The lowest BCUT2D eigenvalue weighted by molar-refractivity contribution is 0.100. The molecule has 0 radical (unpaired) electrons. The van der Waals surface area contributed by atoms with E-state index in [-0.39, 0.29) is 17.9 Å². The van der Waals surface area contributed by atoms with E-state index in [2.05, 4.69) is 5.32 Å². The van der Waals surface area contributed by atoms with Gasteiger partial charge in [0.2, 0.25) is 5.91 Å². The maximum Gasteiger partial charge on any atom is 0.248 e. The van der Waals surface area contributed by atoms with Gasteiger partial charge in [0.15, 0.2) is 0 Å². The van der Waals surface area contributed by atoms with Crippen LogP contribution in [0.25, 0.3) is 0 Å². The maximum absolute atomic E-state index is 11.1. The van der Waals surface area contributed by atoms with Crippen LogP contribution in [0.4, 0.5) is 11.4 Å².